The Bertz CT molecular complexity index is 369. The quantitative estimate of drug-likeness (QED) is 0.719. The summed E-state index contributed by atoms with van der Waals surface area (Å²) in [6.45, 7) is 2.31. The van der Waals surface area contributed by atoms with Crippen molar-refractivity contribution in [2.24, 2.45) is 0 Å². The second-order valence-corrected chi connectivity index (χ2v) is 3.71. The first-order valence-electron chi connectivity index (χ1n) is 5.39. The molecule has 0 aromatic heterocycles. The molecule has 5 heteroatoms. The average molecular weight is 238 g/mol. The van der Waals surface area contributed by atoms with E-state index in [4.69, 9.17) is 15.2 Å². The number of rotatable bonds is 6. The van der Waals surface area contributed by atoms with Gasteiger partial charge < -0.3 is 20.5 Å². The highest BCUT2D eigenvalue weighted by Crippen LogP contribution is 2.13. The van der Waals surface area contributed by atoms with E-state index in [2.05, 4.69) is 5.32 Å². The molecule has 1 atom stereocenters. The molecule has 0 aliphatic heterocycles. The van der Waals surface area contributed by atoms with E-state index in [1.807, 2.05) is 6.92 Å². The number of nitrogens with one attached hydrogen (secondary N) is 1. The van der Waals surface area contributed by atoms with Crippen LogP contribution in [-0.4, -0.2) is 32.3 Å². The van der Waals surface area contributed by atoms with Gasteiger partial charge in [0.1, 0.15) is 5.75 Å². The molecule has 0 spiro atoms. The third-order valence-electron chi connectivity index (χ3n) is 2.22. The van der Waals surface area contributed by atoms with Gasteiger partial charge in [-0.3, -0.25) is 4.79 Å². The first-order chi connectivity index (χ1) is 8.11. The molecule has 0 saturated heterocycles. The molecule has 1 rings (SSSR count). The molecule has 1 unspecified atom stereocenters. The van der Waals surface area contributed by atoms with Gasteiger partial charge in [0, 0.05) is 25.4 Å². The van der Waals surface area contributed by atoms with E-state index in [0.717, 1.165) is 0 Å². The molecule has 1 amide bonds. The van der Waals surface area contributed by atoms with Crippen LogP contribution >= 0.6 is 0 Å². The van der Waals surface area contributed by atoms with Crippen molar-refractivity contribution in [2.75, 3.05) is 26.0 Å². The summed E-state index contributed by atoms with van der Waals surface area (Å²) < 4.78 is 10.3. The standard InChI is InChI=1S/C12H18N2O3/c1-9(16-2)7-14-12(15)8-17-11-5-3-4-10(13)6-11/h3-6,9H,7-8,13H2,1-2H3,(H,14,15). The summed E-state index contributed by atoms with van der Waals surface area (Å²) in [6, 6.07) is 6.95. The van der Waals surface area contributed by atoms with Gasteiger partial charge in [-0.15, -0.1) is 0 Å². The summed E-state index contributed by atoms with van der Waals surface area (Å²) in [5, 5.41) is 2.70. The number of nitrogen functional groups attached to an aromatic ring is 1. The van der Waals surface area contributed by atoms with Crippen molar-refractivity contribution >= 4 is 11.6 Å². The highest BCUT2D eigenvalue weighted by molar-refractivity contribution is 5.77. The van der Waals surface area contributed by atoms with Gasteiger partial charge in [0.2, 0.25) is 0 Å². The molecule has 3 N–H and O–H groups in total. The van der Waals surface area contributed by atoms with E-state index in [0.29, 0.717) is 18.0 Å². The first kappa shape index (κ1) is 13.3. The number of hydrogen-bond donors (Lipinski definition) is 2. The number of carbonyl (C=O) groups is 1. The van der Waals surface area contributed by atoms with Crippen molar-refractivity contribution in [1.29, 1.82) is 0 Å². The van der Waals surface area contributed by atoms with Crippen molar-refractivity contribution in [3.8, 4) is 5.75 Å². The number of hydrogen-bond acceptors (Lipinski definition) is 4. The van der Waals surface area contributed by atoms with Gasteiger partial charge in [0.15, 0.2) is 6.61 Å². The molecule has 17 heavy (non-hydrogen) atoms. The second-order valence-electron chi connectivity index (χ2n) is 3.71. The van der Waals surface area contributed by atoms with Crippen LogP contribution in [0.5, 0.6) is 5.75 Å². The Kier molecular flexibility index (Phi) is 5.29. The van der Waals surface area contributed by atoms with Gasteiger partial charge in [0.05, 0.1) is 6.10 Å². The topological polar surface area (TPSA) is 73.6 Å². The molecule has 0 aliphatic rings. The molecule has 1 aromatic carbocycles. The maximum absolute atomic E-state index is 11.4. The summed E-state index contributed by atoms with van der Waals surface area (Å²) in [6.07, 6.45) is -0.00804. The van der Waals surface area contributed by atoms with E-state index in [1.165, 1.54) is 0 Å². The Hall–Kier alpha value is -1.75. The zero-order valence-corrected chi connectivity index (χ0v) is 10.1. The van der Waals surface area contributed by atoms with Crippen LogP contribution in [-0.2, 0) is 9.53 Å². The van der Waals surface area contributed by atoms with Crippen LogP contribution in [0.1, 0.15) is 6.92 Å². The van der Waals surface area contributed by atoms with Gasteiger partial charge in [-0.05, 0) is 19.1 Å². The number of ether oxygens (including phenoxy) is 2. The molecule has 0 fully saturated rings. The van der Waals surface area contributed by atoms with Crippen LogP contribution in [0.2, 0.25) is 0 Å². The maximum Gasteiger partial charge on any atom is 0.258 e. The molecular formula is C12H18N2O3. The lowest BCUT2D eigenvalue weighted by atomic mass is 10.3. The Morgan fingerprint density at radius 3 is 2.94 bits per heavy atom. The van der Waals surface area contributed by atoms with Gasteiger partial charge in [-0.1, -0.05) is 6.07 Å². The lowest BCUT2D eigenvalue weighted by molar-refractivity contribution is -0.123. The first-order valence-corrected chi connectivity index (χ1v) is 5.39. The zero-order chi connectivity index (χ0) is 12.7. The average Bonchev–Trinajstić information content (AvgIpc) is 2.33. The SMILES string of the molecule is COC(C)CNC(=O)COc1cccc(N)c1. The van der Waals surface area contributed by atoms with Crippen molar-refractivity contribution in [1.82, 2.24) is 5.32 Å². The summed E-state index contributed by atoms with van der Waals surface area (Å²) in [5.41, 5.74) is 6.19. The summed E-state index contributed by atoms with van der Waals surface area (Å²) >= 11 is 0. The minimum atomic E-state index is -0.184. The summed E-state index contributed by atoms with van der Waals surface area (Å²) in [5.74, 6) is 0.399. The van der Waals surface area contributed by atoms with Crippen molar-refractivity contribution < 1.29 is 14.3 Å². The molecule has 0 bridgehead atoms. The highest BCUT2D eigenvalue weighted by Gasteiger charge is 2.05. The van der Waals surface area contributed by atoms with Gasteiger partial charge >= 0.3 is 0 Å². The number of methoxy groups -OCH3 is 1. The van der Waals surface area contributed by atoms with Crippen molar-refractivity contribution in [2.45, 2.75) is 13.0 Å². The van der Waals surface area contributed by atoms with E-state index in [-0.39, 0.29) is 18.6 Å². The Morgan fingerprint density at radius 1 is 1.53 bits per heavy atom. The highest BCUT2D eigenvalue weighted by atomic mass is 16.5. The molecule has 0 heterocycles. The fourth-order valence-corrected chi connectivity index (χ4v) is 1.15. The Labute approximate surface area is 101 Å². The number of carbonyl (C=O) groups excluding carboxylic acids is 1. The largest absolute Gasteiger partial charge is 0.484 e. The van der Waals surface area contributed by atoms with Gasteiger partial charge in [-0.2, -0.15) is 0 Å². The number of amides is 1. The molecule has 94 valence electrons. The smallest absolute Gasteiger partial charge is 0.258 e. The van der Waals surface area contributed by atoms with Crippen LogP contribution in [0.25, 0.3) is 0 Å². The molecule has 5 nitrogen and oxygen atoms in total. The van der Waals surface area contributed by atoms with Gasteiger partial charge in [-0.25, -0.2) is 0 Å². The molecule has 0 saturated carbocycles. The van der Waals surface area contributed by atoms with E-state index in [9.17, 15) is 4.79 Å². The molecular weight excluding hydrogens is 220 g/mol. The minimum Gasteiger partial charge on any atom is -0.484 e. The van der Waals surface area contributed by atoms with Crippen molar-refractivity contribution in [3.63, 3.8) is 0 Å². The Balaban J connectivity index is 2.28. The molecule has 0 aliphatic carbocycles. The predicted molar refractivity (Wildman–Crippen MR) is 65.8 cm³/mol. The Morgan fingerprint density at radius 2 is 2.29 bits per heavy atom. The fourth-order valence-electron chi connectivity index (χ4n) is 1.15. The van der Waals surface area contributed by atoms with Crippen LogP contribution in [0.3, 0.4) is 0 Å². The summed E-state index contributed by atoms with van der Waals surface area (Å²) in [4.78, 5) is 11.4. The number of nitrogens with two attached hydrogens (primary N) is 1. The molecule has 1 aromatic rings. The van der Waals surface area contributed by atoms with Crippen LogP contribution in [0.4, 0.5) is 5.69 Å². The molecule has 0 radical (unpaired) electrons. The maximum atomic E-state index is 11.4. The van der Waals surface area contributed by atoms with Crippen LogP contribution in [0.15, 0.2) is 24.3 Å². The number of anilines is 1. The number of benzene rings is 1. The van der Waals surface area contributed by atoms with Crippen molar-refractivity contribution in [3.05, 3.63) is 24.3 Å². The summed E-state index contributed by atoms with van der Waals surface area (Å²) in [7, 11) is 1.60. The van der Waals surface area contributed by atoms with E-state index < -0.39 is 0 Å². The van der Waals surface area contributed by atoms with Crippen LogP contribution < -0.4 is 15.8 Å². The third kappa shape index (κ3) is 5.21. The third-order valence-corrected chi connectivity index (χ3v) is 2.22. The zero-order valence-electron chi connectivity index (χ0n) is 10.1. The normalized spacial score (nSPS) is 11.9. The lowest BCUT2D eigenvalue weighted by Gasteiger charge is -2.11. The monoisotopic (exact) mass is 238 g/mol. The minimum absolute atomic E-state index is 0.00804. The fraction of sp³-hybridized carbons (Fsp3) is 0.417. The second kappa shape index (κ2) is 6.75. The van der Waals surface area contributed by atoms with Gasteiger partial charge in [0.25, 0.3) is 5.91 Å². The lowest BCUT2D eigenvalue weighted by Crippen LogP contribution is -2.34. The van der Waals surface area contributed by atoms with E-state index >= 15 is 0 Å². The predicted octanol–water partition coefficient (Wildman–Crippen LogP) is 0.799. The van der Waals surface area contributed by atoms with Crippen LogP contribution in [0, 0.1) is 0 Å². The van der Waals surface area contributed by atoms with E-state index in [1.54, 1.807) is 31.4 Å².